The number of rotatable bonds is 6. The summed E-state index contributed by atoms with van der Waals surface area (Å²) in [4.78, 5) is 4.56. The molecule has 0 bridgehead atoms. The summed E-state index contributed by atoms with van der Waals surface area (Å²) in [7, 11) is 1.75. The highest BCUT2D eigenvalue weighted by Gasteiger charge is 2.26. The quantitative estimate of drug-likeness (QED) is 0.740. The third kappa shape index (κ3) is 2.99. The lowest BCUT2D eigenvalue weighted by Crippen LogP contribution is -2.21. The van der Waals surface area contributed by atoms with E-state index in [1.165, 1.54) is 5.56 Å². The Bertz CT molecular complexity index is 356. The number of nitrogens with zero attached hydrogens (tertiary/aromatic N) is 1. The van der Waals surface area contributed by atoms with Crippen molar-refractivity contribution in [2.45, 2.75) is 58.8 Å². The van der Waals surface area contributed by atoms with E-state index in [1.54, 1.807) is 7.11 Å². The van der Waals surface area contributed by atoms with Gasteiger partial charge in [0.05, 0.1) is 7.11 Å². The normalized spacial score (nSPS) is 11.6. The molecule has 0 saturated carbocycles. The van der Waals surface area contributed by atoms with Gasteiger partial charge in [-0.15, -0.1) is 0 Å². The summed E-state index contributed by atoms with van der Waals surface area (Å²) < 4.78 is 5.54. The SMILES string of the molecule is CCCc1cc(OC)c(C(C)(CC)CC)cn1. The molecule has 0 amide bonds. The van der Waals surface area contributed by atoms with E-state index < -0.39 is 0 Å². The van der Waals surface area contributed by atoms with E-state index in [4.69, 9.17) is 4.74 Å². The summed E-state index contributed by atoms with van der Waals surface area (Å²) >= 11 is 0. The molecule has 0 aromatic carbocycles. The average molecular weight is 235 g/mol. The highest BCUT2D eigenvalue weighted by atomic mass is 16.5. The van der Waals surface area contributed by atoms with E-state index in [9.17, 15) is 0 Å². The molecule has 0 aliphatic heterocycles. The summed E-state index contributed by atoms with van der Waals surface area (Å²) in [5.41, 5.74) is 2.54. The molecule has 2 nitrogen and oxygen atoms in total. The van der Waals surface area contributed by atoms with Crippen molar-refractivity contribution in [1.29, 1.82) is 0 Å². The molecule has 0 radical (unpaired) electrons. The Labute approximate surface area is 105 Å². The first kappa shape index (κ1) is 14.0. The van der Waals surface area contributed by atoms with Gasteiger partial charge in [0.2, 0.25) is 0 Å². The van der Waals surface area contributed by atoms with Crippen LogP contribution in [0.25, 0.3) is 0 Å². The van der Waals surface area contributed by atoms with Crippen molar-refractivity contribution in [3.63, 3.8) is 0 Å². The molecule has 0 aliphatic carbocycles. The maximum atomic E-state index is 5.54. The molecule has 0 spiro atoms. The van der Waals surface area contributed by atoms with Gasteiger partial charge in [-0.3, -0.25) is 4.98 Å². The van der Waals surface area contributed by atoms with Crippen molar-refractivity contribution in [3.05, 3.63) is 23.5 Å². The Morgan fingerprint density at radius 2 is 1.88 bits per heavy atom. The van der Waals surface area contributed by atoms with Crippen LogP contribution in [0, 0.1) is 0 Å². The van der Waals surface area contributed by atoms with E-state index in [1.807, 2.05) is 6.20 Å². The second-order valence-electron chi connectivity index (χ2n) is 4.89. The van der Waals surface area contributed by atoms with Gasteiger partial charge < -0.3 is 4.74 Å². The number of pyridine rings is 1. The molecule has 1 rings (SSSR count). The summed E-state index contributed by atoms with van der Waals surface area (Å²) in [6, 6.07) is 2.10. The average Bonchev–Trinajstić information content (AvgIpc) is 2.38. The van der Waals surface area contributed by atoms with Crippen LogP contribution in [0.15, 0.2) is 12.3 Å². The van der Waals surface area contributed by atoms with Crippen LogP contribution < -0.4 is 4.74 Å². The lowest BCUT2D eigenvalue weighted by atomic mass is 9.78. The molecule has 0 saturated heterocycles. The molecule has 0 N–H and O–H groups in total. The van der Waals surface area contributed by atoms with Gasteiger partial charge in [0.25, 0.3) is 0 Å². The zero-order valence-electron chi connectivity index (χ0n) is 11.8. The van der Waals surface area contributed by atoms with Crippen molar-refractivity contribution in [1.82, 2.24) is 4.98 Å². The number of ether oxygens (including phenoxy) is 1. The Morgan fingerprint density at radius 3 is 2.35 bits per heavy atom. The molecule has 96 valence electrons. The molecular weight excluding hydrogens is 210 g/mol. The highest BCUT2D eigenvalue weighted by molar-refractivity contribution is 5.38. The van der Waals surface area contributed by atoms with Crippen molar-refractivity contribution in [2.75, 3.05) is 7.11 Å². The Balaban J connectivity index is 3.16. The van der Waals surface area contributed by atoms with Crippen molar-refractivity contribution in [3.8, 4) is 5.75 Å². The topological polar surface area (TPSA) is 22.1 Å². The maximum absolute atomic E-state index is 5.54. The van der Waals surface area contributed by atoms with Crippen molar-refractivity contribution < 1.29 is 4.74 Å². The molecule has 0 atom stereocenters. The second-order valence-corrected chi connectivity index (χ2v) is 4.89. The summed E-state index contributed by atoms with van der Waals surface area (Å²) in [6.45, 7) is 8.90. The molecule has 1 aromatic heterocycles. The fraction of sp³-hybridized carbons (Fsp3) is 0.667. The van der Waals surface area contributed by atoms with Gasteiger partial charge in [0.15, 0.2) is 0 Å². The lowest BCUT2D eigenvalue weighted by Gasteiger charge is -2.28. The monoisotopic (exact) mass is 235 g/mol. The van der Waals surface area contributed by atoms with Gasteiger partial charge in [-0.2, -0.15) is 0 Å². The minimum Gasteiger partial charge on any atom is -0.496 e. The van der Waals surface area contributed by atoms with E-state index in [2.05, 4.69) is 38.7 Å². The fourth-order valence-electron chi connectivity index (χ4n) is 2.12. The van der Waals surface area contributed by atoms with Crippen LogP contribution >= 0.6 is 0 Å². The number of hydrogen-bond acceptors (Lipinski definition) is 2. The van der Waals surface area contributed by atoms with Gasteiger partial charge in [-0.05, 0) is 24.7 Å². The van der Waals surface area contributed by atoms with E-state index >= 15 is 0 Å². The third-order valence-corrected chi connectivity index (χ3v) is 3.86. The second kappa shape index (κ2) is 6.04. The molecule has 2 heteroatoms. The number of aryl methyl sites for hydroxylation is 1. The molecule has 0 fully saturated rings. The molecule has 17 heavy (non-hydrogen) atoms. The number of methoxy groups -OCH3 is 1. The molecule has 1 heterocycles. The van der Waals surface area contributed by atoms with Crippen LogP contribution in [0.1, 0.15) is 58.2 Å². The summed E-state index contributed by atoms with van der Waals surface area (Å²) in [5, 5.41) is 0. The van der Waals surface area contributed by atoms with Gasteiger partial charge in [-0.1, -0.05) is 34.1 Å². The predicted octanol–water partition coefficient (Wildman–Crippen LogP) is 4.12. The molecule has 0 unspecified atom stereocenters. The molecule has 0 aliphatic rings. The summed E-state index contributed by atoms with van der Waals surface area (Å²) in [6.07, 6.45) is 6.36. The van der Waals surface area contributed by atoms with Crippen LogP contribution in [-0.2, 0) is 11.8 Å². The Kier molecular flexibility index (Phi) is 4.98. The first-order chi connectivity index (χ1) is 8.11. The van der Waals surface area contributed by atoms with E-state index in [-0.39, 0.29) is 5.41 Å². The smallest absolute Gasteiger partial charge is 0.125 e. The van der Waals surface area contributed by atoms with Gasteiger partial charge in [0.1, 0.15) is 5.75 Å². The molecular formula is C15H25NO. The standard InChI is InChI=1S/C15H25NO/c1-6-9-12-10-14(17-5)13(11-16-12)15(4,7-2)8-3/h10-11H,6-9H2,1-5H3. The Hall–Kier alpha value is -1.05. The van der Waals surface area contributed by atoms with Gasteiger partial charge >= 0.3 is 0 Å². The Morgan fingerprint density at radius 1 is 1.24 bits per heavy atom. The highest BCUT2D eigenvalue weighted by Crippen LogP contribution is 2.36. The van der Waals surface area contributed by atoms with Crippen LogP contribution in [0.3, 0.4) is 0 Å². The van der Waals surface area contributed by atoms with Gasteiger partial charge in [-0.25, -0.2) is 0 Å². The van der Waals surface area contributed by atoms with Crippen LogP contribution in [-0.4, -0.2) is 12.1 Å². The third-order valence-electron chi connectivity index (χ3n) is 3.86. The van der Waals surface area contributed by atoms with Gasteiger partial charge in [0, 0.05) is 23.5 Å². The van der Waals surface area contributed by atoms with Crippen LogP contribution in [0.2, 0.25) is 0 Å². The maximum Gasteiger partial charge on any atom is 0.125 e. The molecule has 1 aromatic rings. The van der Waals surface area contributed by atoms with Crippen molar-refractivity contribution >= 4 is 0 Å². The zero-order chi connectivity index (χ0) is 12.9. The minimum absolute atomic E-state index is 0.170. The fourth-order valence-corrected chi connectivity index (χ4v) is 2.12. The first-order valence-corrected chi connectivity index (χ1v) is 6.64. The lowest BCUT2D eigenvalue weighted by molar-refractivity contribution is 0.371. The predicted molar refractivity (Wildman–Crippen MR) is 72.7 cm³/mol. The van der Waals surface area contributed by atoms with E-state index in [0.717, 1.165) is 37.1 Å². The van der Waals surface area contributed by atoms with Crippen LogP contribution in [0.4, 0.5) is 0 Å². The zero-order valence-corrected chi connectivity index (χ0v) is 11.8. The van der Waals surface area contributed by atoms with Crippen molar-refractivity contribution in [2.24, 2.45) is 0 Å². The first-order valence-electron chi connectivity index (χ1n) is 6.64. The minimum atomic E-state index is 0.170. The van der Waals surface area contributed by atoms with Crippen LogP contribution in [0.5, 0.6) is 5.75 Å². The van der Waals surface area contributed by atoms with E-state index in [0.29, 0.717) is 0 Å². The largest absolute Gasteiger partial charge is 0.496 e. The number of aromatic nitrogens is 1. The summed E-state index contributed by atoms with van der Waals surface area (Å²) in [5.74, 6) is 0.995. The number of hydrogen-bond donors (Lipinski definition) is 0.